The van der Waals surface area contributed by atoms with Crippen molar-refractivity contribution in [2.24, 2.45) is 0 Å². The Labute approximate surface area is 152 Å². The lowest BCUT2D eigenvalue weighted by Crippen LogP contribution is -2.20. The number of pyridine rings is 1. The molecule has 0 amide bonds. The van der Waals surface area contributed by atoms with Crippen molar-refractivity contribution in [1.82, 2.24) is 4.98 Å². The molecule has 0 unspecified atom stereocenters. The quantitative estimate of drug-likeness (QED) is 0.743. The molecule has 5 nitrogen and oxygen atoms in total. The first-order chi connectivity index (χ1) is 12.0. The molecule has 0 aliphatic rings. The Bertz CT molecular complexity index is 955. The minimum atomic E-state index is -4.55. The lowest BCUT2D eigenvalue weighted by atomic mass is 9.99. The Morgan fingerprint density at radius 1 is 1.19 bits per heavy atom. The van der Waals surface area contributed by atoms with Crippen LogP contribution in [0, 0.1) is 0 Å². The highest BCUT2D eigenvalue weighted by Gasteiger charge is 2.29. The molecule has 1 N–H and O–H groups in total. The molecular weight excluding hydrogens is 395 g/mol. The van der Waals surface area contributed by atoms with E-state index in [1.807, 2.05) is 0 Å². The predicted molar refractivity (Wildman–Crippen MR) is 92.2 cm³/mol. The van der Waals surface area contributed by atoms with Gasteiger partial charge in [-0.2, -0.15) is 13.2 Å². The lowest BCUT2D eigenvalue weighted by Gasteiger charge is -2.16. The first kappa shape index (κ1) is 20.3. The average Bonchev–Trinajstić information content (AvgIpc) is 2.51. The van der Waals surface area contributed by atoms with Crippen molar-refractivity contribution in [1.29, 1.82) is 0 Å². The van der Waals surface area contributed by atoms with Gasteiger partial charge in [-0.25, -0.2) is 8.42 Å². The molecule has 0 bridgehead atoms. The fraction of sp³-hybridized carbons (Fsp3) is 0.312. The Morgan fingerprint density at radius 3 is 2.46 bits per heavy atom. The molecule has 0 spiro atoms. The number of nitrogens with one attached hydrogen (secondary N) is 1. The van der Waals surface area contributed by atoms with Crippen molar-refractivity contribution in [3.63, 3.8) is 0 Å². The summed E-state index contributed by atoms with van der Waals surface area (Å²) in [6, 6.07) is 5.47. The van der Waals surface area contributed by atoms with Crippen LogP contribution in [-0.4, -0.2) is 32.4 Å². The zero-order chi connectivity index (χ0) is 19.5. The van der Waals surface area contributed by atoms with Gasteiger partial charge in [0, 0.05) is 23.6 Å². The number of hydrogen-bond donors (Lipinski definition) is 1. The first-order valence-electron chi connectivity index (χ1n) is 7.27. The van der Waals surface area contributed by atoms with Crippen LogP contribution in [0.4, 0.5) is 13.2 Å². The van der Waals surface area contributed by atoms with Crippen LogP contribution in [0.25, 0.3) is 11.1 Å². The van der Waals surface area contributed by atoms with E-state index in [-0.39, 0.29) is 34.1 Å². The first-order valence-corrected chi connectivity index (χ1v) is 9.87. The number of aromatic nitrogens is 1. The van der Waals surface area contributed by atoms with Crippen LogP contribution in [0.2, 0.25) is 0 Å². The molecule has 0 aliphatic heterocycles. The molecule has 0 fully saturated rings. The Kier molecular flexibility index (Phi) is 6.02. The molecule has 2 rings (SSSR count). The van der Waals surface area contributed by atoms with Gasteiger partial charge in [-0.3, -0.25) is 4.79 Å². The van der Waals surface area contributed by atoms with Gasteiger partial charge in [0.2, 0.25) is 0 Å². The number of H-pyrrole nitrogens is 1. The van der Waals surface area contributed by atoms with Gasteiger partial charge in [0.25, 0.3) is 5.56 Å². The van der Waals surface area contributed by atoms with Crippen LogP contribution < -0.4 is 10.3 Å². The highest BCUT2D eigenvalue weighted by molar-refractivity contribution is 7.89. The highest BCUT2D eigenvalue weighted by atomic mass is 35.5. The molecule has 0 saturated carbocycles. The second-order valence-corrected chi connectivity index (χ2v) is 8.04. The van der Waals surface area contributed by atoms with E-state index in [9.17, 15) is 26.4 Å². The van der Waals surface area contributed by atoms with E-state index in [2.05, 4.69) is 4.98 Å². The third-order valence-electron chi connectivity index (χ3n) is 3.35. The predicted octanol–water partition coefficient (Wildman–Crippen LogP) is 3.27. The summed E-state index contributed by atoms with van der Waals surface area (Å²) in [6.07, 6.45) is -2.19. The maximum Gasteiger partial charge on any atom is 0.422 e. The number of hydrogen-bond acceptors (Lipinski definition) is 4. The maximum atomic E-state index is 12.5. The third kappa shape index (κ3) is 5.50. The van der Waals surface area contributed by atoms with E-state index in [0.29, 0.717) is 5.56 Å². The molecule has 0 aliphatic carbocycles. The van der Waals surface area contributed by atoms with Gasteiger partial charge in [-0.05, 0) is 29.3 Å². The fourth-order valence-electron chi connectivity index (χ4n) is 2.36. The van der Waals surface area contributed by atoms with Crippen molar-refractivity contribution >= 4 is 21.4 Å². The summed E-state index contributed by atoms with van der Waals surface area (Å²) < 4.78 is 65.4. The fourth-order valence-corrected chi connectivity index (χ4v) is 3.41. The number of alkyl halides is 4. The molecule has 1 heterocycles. The monoisotopic (exact) mass is 409 g/mol. The van der Waals surface area contributed by atoms with Crippen LogP contribution in [0.15, 0.2) is 35.3 Å². The number of sulfone groups is 1. The topological polar surface area (TPSA) is 76.2 Å². The average molecular weight is 410 g/mol. The van der Waals surface area contributed by atoms with Gasteiger partial charge in [0.15, 0.2) is 16.4 Å². The minimum absolute atomic E-state index is 0.128. The largest absolute Gasteiger partial charge is 0.483 e. The molecule has 142 valence electrons. The van der Waals surface area contributed by atoms with Gasteiger partial charge in [-0.1, -0.05) is 6.07 Å². The number of halogens is 4. The summed E-state index contributed by atoms with van der Waals surface area (Å²) in [5.41, 5.74) is 0.436. The number of aromatic amines is 1. The normalized spacial score (nSPS) is 12.2. The molecule has 0 radical (unpaired) electrons. The lowest BCUT2D eigenvalue weighted by molar-refractivity contribution is -0.153. The number of rotatable bonds is 6. The molecular formula is C16H15ClF3NO4S. The van der Waals surface area contributed by atoms with Crippen molar-refractivity contribution < 1.29 is 26.3 Å². The number of benzene rings is 1. The van der Waals surface area contributed by atoms with Crippen LogP contribution in [0.3, 0.4) is 0 Å². The van der Waals surface area contributed by atoms with E-state index in [0.717, 1.165) is 6.26 Å². The second kappa shape index (κ2) is 7.71. The molecule has 2 aromatic rings. The van der Waals surface area contributed by atoms with E-state index >= 15 is 0 Å². The third-order valence-corrected chi connectivity index (χ3v) is 4.48. The van der Waals surface area contributed by atoms with Crippen molar-refractivity contribution in [3.8, 4) is 16.9 Å². The van der Waals surface area contributed by atoms with E-state index in [1.54, 1.807) is 0 Å². The zero-order valence-electron chi connectivity index (χ0n) is 13.6. The van der Waals surface area contributed by atoms with E-state index in [4.69, 9.17) is 16.3 Å². The molecule has 0 atom stereocenters. The van der Waals surface area contributed by atoms with Gasteiger partial charge >= 0.3 is 6.18 Å². The van der Waals surface area contributed by atoms with Gasteiger partial charge in [0.1, 0.15) is 5.75 Å². The van der Waals surface area contributed by atoms with Crippen molar-refractivity contribution in [2.75, 3.05) is 12.9 Å². The zero-order valence-corrected chi connectivity index (χ0v) is 15.1. The Morgan fingerprint density at radius 2 is 1.88 bits per heavy atom. The standard InChI is InChI=1S/C16H15ClF3NO4S/c1-26(23,24)8-10-2-3-14(25-9-16(18,19)20)12(6-10)11-4-5-21-15(22)13(11)7-17/h2-6H,7-9H2,1H3,(H,21,22). The summed E-state index contributed by atoms with van der Waals surface area (Å²) in [5.74, 6) is -0.615. The van der Waals surface area contributed by atoms with Gasteiger partial charge < -0.3 is 9.72 Å². The highest BCUT2D eigenvalue weighted by Crippen LogP contribution is 2.34. The Balaban J connectivity index is 2.60. The van der Waals surface area contributed by atoms with Crippen molar-refractivity contribution in [2.45, 2.75) is 17.8 Å². The van der Waals surface area contributed by atoms with Crippen LogP contribution in [-0.2, 0) is 21.5 Å². The van der Waals surface area contributed by atoms with Gasteiger partial charge in [0.05, 0.1) is 11.6 Å². The molecule has 1 aromatic carbocycles. The molecule has 10 heteroatoms. The van der Waals surface area contributed by atoms with Crippen molar-refractivity contribution in [3.05, 3.63) is 51.9 Å². The summed E-state index contributed by atoms with van der Waals surface area (Å²) >= 11 is 5.80. The summed E-state index contributed by atoms with van der Waals surface area (Å²) in [7, 11) is -3.36. The van der Waals surface area contributed by atoms with Crippen LogP contribution in [0.5, 0.6) is 5.75 Å². The molecule has 26 heavy (non-hydrogen) atoms. The van der Waals surface area contributed by atoms with Crippen LogP contribution >= 0.6 is 11.6 Å². The SMILES string of the molecule is CS(=O)(=O)Cc1ccc(OCC(F)(F)F)c(-c2cc[nH]c(=O)c2CCl)c1. The smallest absolute Gasteiger partial charge is 0.422 e. The molecule has 0 saturated heterocycles. The Hall–Kier alpha value is -2.00. The summed E-state index contributed by atoms with van der Waals surface area (Å²) in [5, 5.41) is 0. The minimum Gasteiger partial charge on any atom is -0.483 e. The molecule has 1 aromatic heterocycles. The summed E-state index contributed by atoms with van der Waals surface area (Å²) in [4.78, 5) is 14.4. The van der Waals surface area contributed by atoms with Crippen LogP contribution in [0.1, 0.15) is 11.1 Å². The second-order valence-electron chi connectivity index (χ2n) is 5.64. The summed E-state index contributed by atoms with van der Waals surface area (Å²) in [6.45, 7) is -1.52. The van der Waals surface area contributed by atoms with E-state index < -0.39 is 28.2 Å². The van der Waals surface area contributed by atoms with Gasteiger partial charge in [-0.15, -0.1) is 11.6 Å². The maximum absolute atomic E-state index is 12.5. The number of ether oxygens (including phenoxy) is 1. The van der Waals surface area contributed by atoms with E-state index in [1.165, 1.54) is 30.5 Å².